The fourth-order valence-corrected chi connectivity index (χ4v) is 1.66. The highest BCUT2D eigenvalue weighted by Gasteiger charge is 2.01. The summed E-state index contributed by atoms with van der Waals surface area (Å²) in [6.45, 7) is 10.4. The van der Waals surface area contributed by atoms with Gasteiger partial charge in [-0.1, -0.05) is 37.6 Å². The van der Waals surface area contributed by atoms with Gasteiger partial charge in [0.05, 0.1) is 0 Å². The van der Waals surface area contributed by atoms with Crippen molar-refractivity contribution in [2.45, 2.75) is 40.0 Å². The highest BCUT2D eigenvalue weighted by Crippen LogP contribution is 2.20. The van der Waals surface area contributed by atoms with Crippen LogP contribution in [0, 0.1) is 0 Å². The summed E-state index contributed by atoms with van der Waals surface area (Å²) in [4.78, 5) is 0. The zero-order valence-corrected chi connectivity index (χ0v) is 10.1. The molecule has 0 amide bonds. The van der Waals surface area contributed by atoms with E-state index in [2.05, 4.69) is 51.3 Å². The molecule has 0 spiro atoms. The first kappa shape index (κ1) is 11.8. The van der Waals surface area contributed by atoms with Crippen molar-refractivity contribution in [3.05, 3.63) is 52.8 Å². The van der Waals surface area contributed by atoms with E-state index in [4.69, 9.17) is 0 Å². The van der Waals surface area contributed by atoms with E-state index in [1.165, 1.54) is 23.1 Å². The van der Waals surface area contributed by atoms with E-state index in [0.717, 1.165) is 18.4 Å². The van der Waals surface area contributed by atoms with E-state index in [-0.39, 0.29) is 0 Å². The zero-order chi connectivity index (χ0) is 11.3. The lowest BCUT2D eigenvalue weighted by molar-refractivity contribution is 0.923. The molecule has 1 aliphatic rings. The Balaban J connectivity index is 3.13. The first-order valence-corrected chi connectivity index (χ1v) is 5.63. The van der Waals surface area contributed by atoms with Gasteiger partial charge in [0.25, 0.3) is 0 Å². The fraction of sp³-hybridized carbons (Fsp3) is 0.400. The summed E-state index contributed by atoms with van der Waals surface area (Å²) >= 11 is 0. The molecule has 0 radical (unpaired) electrons. The minimum atomic E-state index is 0.988. The van der Waals surface area contributed by atoms with Gasteiger partial charge in [-0.2, -0.15) is 0 Å². The SMILES string of the molecule is C=C(C)/C1=C/C(CCC)=C=C(C)/C=C\C1. The molecule has 0 atom stereocenters. The Morgan fingerprint density at radius 3 is 2.87 bits per heavy atom. The molecule has 0 heteroatoms. The van der Waals surface area contributed by atoms with Gasteiger partial charge in [0, 0.05) is 0 Å². The lowest BCUT2D eigenvalue weighted by atomic mass is 9.98. The summed E-state index contributed by atoms with van der Waals surface area (Å²) < 4.78 is 0. The summed E-state index contributed by atoms with van der Waals surface area (Å²) in [7, 11) is 0. The maximum Gasteiger partial charge on any atom is -0.00547 e. The second-order valence-electron chi connectivity index (χ2n) is 4.14. The van der Waals surface area contributed by atoms with Gasteiger partial charge >= 0.3 is 0 Å². The van der Waals surface area contributed by atoms with Gasteiger partial charge in [-0.25, -0.2) is 0 Å². The van der Waals surface area contributed by atoms with E-state index in [9.17, 15) is 0 Å². The summed E-state index contributed by atoms with van der Waals surface area (Å²) in [5.41, 5.74) is 8.44. The van der Waals surface area contributed by atoms with Crippen LogP contribution in [0.3, 0.4) is 0 Å². The van der Waals surface area contributed by atoms with Gasteiger partial charge in [0.15, 0.2) is 0 Å². The third-order valence-corrected chi connectivity index (χ3v) is 2.48. The Morgan fingerprint density at radius 1 is 1.53 bits per heavy atom. The predicted octanol–water partition coefficient (Wildman–Crippen LogP) is 4.72. The molecule has 1 rings (SSSR count). The Bertz CT molecular complexity index is 369. The van der Waals surface area contributed by atoms with Gasteiger partial charge < -0.3 is 0 Å². The molecule has 0 heterocycles. The highest BCUT2D eigenvalue weighted by molar-refractivity contribution is 5.39. The number of allylic oxidation sites excluding steroid dienone is 6. The van der Waals surface area contributed by atoms with Crippen molar-refractivity contribution in [3.8, 4) is 0 Å². The molecule has 80 valence electrons. The largest absolute Gasteiger partial charge is 0.114 e. The van der Waals surface area contributed by atoms with E-state index in [1.54, 1.807) is 0 Å². The van der Waals surface area contributed by atoms with Crippen molar-refractivity contribution < 1.29 is 0 Å². The summed E-state index contributed by atoms with van der Waals surface area (Å²) in [5, 5.41) is 0. The third kappa shape index (κ3) is 3.77. The van der Waals surface area contributed by atoms with Crippen LogP contribution in [0.25, 0.3) is 0 Å². The molecule has 1 aliphatic carbocycles. The molecule has 0 saturated carbocycles. The minimum Gasteiger partial charge on any atom is -0.114 e. The molecule has 0 saturated heterocycles. The number of hydrogen-bond acceptors (Lipinski definition) is 0. The normalized spacial score (nSPS) is 21.7. The van der Waals surface area contributed by atoms with Crippen molar-refractivity contribution in [2.75, 3.05) is 0 Å². The van der Waals surface area contributed by atoms with E-state index < -0.39 is 0 Å². The average molecular weight is 200 g/mol. The Hall–Kier alpha value is -1.26. The van der Waals surface area contributed by atoms with Crippen LogP contribution in [0.4, 0.5) is 0 Å². The first-order valence-electron chi connectivity index (χ1n) is 5.63. The molecule has 0 N–H and O–H groups in total. The Labute approximate surface area is 93.4 Å². The molecule has 0 aromatic rings. The topological polar surface area (TPSA) is 0 Å². The van der Waals surface area contributed by atoms with E-state index in [1.807, 2.05) is 0 Å². The minimum absolute atomic E-state index is 0.988. The van der Waals surface area contributed by atoms with Gasteiger partial charge in [0.1, 0.15) is 0 Å². The van der Waals surface area contributed by atoms with Gasteiger partial charge in [-0.15, -0.1) is 5.73 Å². The van der Waals surface area contributed by atoms with Crippen molar-refractivity contribution >= 4 is 0 Å². The number of hydrogen-bond donors (Lipinski definition) is 0. The molecule has 0 nitrogen and oxygen atoms in total. The zero-order valence-electron chi connectivity index (χ0n) is 10.1. The number of rotatable bonds is 3. The summed E-state index contributed by atoms with van der Waals surface area (Å²) in [5.74, 6) is 0. The quantitative estimate of drug-likeness (QED) is 0.578. The van der Waals surface area contributed by atoms with E-state index >= 15 is 0 Å². The smallest absolute Gasteiger partial charge is 0.00547 e. The van der Waals surface area contributed by atoms with E-state index in [0.29, 0.717) is 0 Å². The average Bonchev–Trinajstić information content (AvgIpc) is 2.12. The maximum absolute atomic E-state index is 4.01. The van der Waals surface area contributed by atoms with Crippen LogP contribution in [0.15, 0.2) is 52.8 Å². The highest BCUT2D eigenvalue weighted by atomic mass is 14.1. The first-order chi connectivity index (χ1) is 7.13. The molecular weight excluding hydrogens is 180 g/mol. The van der Waals surface area contributed by atoms with Crippen LogP contribution in [0.5, 0.6) is 0 Å². The lowest BCUT2D eigenvalue weighted by Crippen LogP contribution is -1.88. The fourth-order valence-electron chi connectivity index (χ4n) is 1.66. The van der Waals surface area contributed by atoms with Gasteiger partial charge in [-0.3, -0.25) is 0 Å². The molecule has 0 aromatic heterocycles. The molecule has 0 bridgehead atoms. The van der Waals surface area contributed by atoms with Crippen molar-refractivity contribution in [1.29, 1.82) is 0 Å². The molecule has 0 unspecified atom stereocenters. The van der Waals surface area contributed by atoms with Crippen LogP contribution < -0.4 is 0 Å². The van der Waals surface area contributed by atoms with Gasteiger partial charge in [0.2, 0.25) is 0 Å². The van der Waals surface area contributed by atoms with Crippen LogP contribution in [-0.4, -0.2) is 0 Å². The summed E-state index contributed by atoms with van der Waals surface area (Å²) in [6, 6.07) is 0. The van der Waals surface area contributed by atoms with Crippen LogP contribution in [0.1, 0.15) is 40.0 Å². The van der Waals surface area contributed by atoms with Crippen molar-refractivity contribution in [1.82, 2.24) is 0 Å². The Kier molecular flexibility index (Phi) is 4.39. The lowest BCUT2D eigenvalue weighted by Gasteiger charge is -2.07. The molecule has 0 fully saturated rings. The molecule has 0 aromatic carbocycles. The Morgan fingerprint density at radius 2 is 2.27 bits per heavy atom. The van der Waals surface area contributed by atoms with Gasteiger partial charge in [-0.05, 0) is 49.5 Å². The summed E-state index contributed by atoms with van der Waals surface area (Å²) in [6.07, 6.45) is 9.83. The second-order valence-corrected chi connectivity index (χ2v) is 4.14. The predicted molar refractivity (Wildman–Crippen MR) is 67.8 cm³/mol. The maximum atomic E-state index is 4.01. The second kappa shape index (κ2) is 5.58. The molecule has 15 heavy (non-hydrogen) atoms. The standard InChI is InChI=1S/C15H20/c1-5-7-14-10-13(4)8-6-9-15(11-14)12(2)3/h6,8,11H,2,5,7,9H2,1,3-4H3/b8-6-,15-11+. The monoisotopic (exact) mass is 200 g/mol. The third-order valence-electron chi connectivity index (χ3n) is 2.48. The van der Waals surface area contributed by atoms with Crippen molar-refractivity contribution in [2.24, 2.45) is 0 Å². The molecule has 0 aliphatic heterocycles. The molecular formula is C15H20. The van der Waals surface area contributed by atoms with Crippen LogP contribution in [0.2, 0.25) is 0 Å². The van der Waals surface area contributed by atoms with Crippen LogP contribution in [-0.2, 0) is 0 Å². The van der Waals surface area contributed by atoms with Crippen LogP contribution >= 0.6 is 0 Å². The van der Waals surface area contributed by atoms with Crippen molar-refractivity contribution in [3.63, 3.8) is 0 Å².